The molecule has 0 aromatic carbocycles. The molecule has 0 bridgehead atoms. The van der Waals surface area contributed by atoms with E-state index in [1.165, 1.54) is 0 Å². The summed E-state index contributed by atoms with van der Waals surface area (Å²) in [6.07, 6.45) is 0. The molecule has 5 heavy (non-hydrogen) atoms. The Kier molecular flexibility index (Phi) is 1.38. The second kappa shape index (κ2) is 1.27. The third kappa shape index (κ3) is 135. The third-order valence-electron chi connectivity index (χ3n) is 0. The molecule has 0 rings (SSSR count). The minimum absolute atomic E-state index is 3.36. The van der Waals surface area contributed by atoms with Gasteiger partial charge in [-0.2, -0.15) is 0 Å². The molecule has 0 aromatic heterocycles. The third-order valence-corrected chi connectivity index (χ3v) is 0. The molecular formula is O3ReS-. The summed E-state index contributed by atoms with van der Waals surface area (Å²) in [5.41, 5.74) is 0. The van der Waals surface area contributed by atoms with E-state index in [2.05, 4.69) is 9.94 Å². The standard InChI is InChI=1S/3O.Re.S/q;;-1;;. The second-order valence-corrected chi connectivity index (χ2v) is 6.19. The van der Waals surface area contributed by atoms with Gasteiger partial charge in [-0.3, -0.25) is 0 Å². The van der Waals surface area contributed by atoms with Crippen LogP contribution >= 0.6 is 9.94 Å². The summed E-state index contributed by atoms with van der Waals surface area (Å²) >= 11 is -5.28. The summed E-state index contributed by atoms with van der Waals surface area (Å²) in [5.74, 6) is 0. The van der Waals surface area contributed by atoms with Crippen molar-refractivity contribution >= 4 is 9.94 Å². The van der Waals surface area contributed by atoms with Gasteiger partial charge in [-0.15, -0.1) is 0 Å². The molecule has 0 amide bonds. The van der Waals surface area contributed by atoms with Crippen LogP contribution in [0.15, 0.2) is 0 Å². The summed E-state index contributed by atoms with van der Waals surface area (Å²) in [6, 6.07) is 0. The Bertz CT molecular complexity index is 128. The number of hydrogen-bond donors (Lipinski definition) is 0. The maximum atomic E-state index is 9.01. The Morgan fingerprint density at radius 3 is 1.60 bits per heavy atom. The first-order valence-corrected chi connectivity index (χ1v) is 7.58. The topological polar surface area (TPSA) is 57.2 Å². The van der Waals surface area contributed by atoms with Crippen LogP contribution in [0.4, 0.5) is 0 Å². The molecule has 0 spiro atoms. The van der Waals surface area contributed by atoms with Crippen molar-refractivity contribution in [2.24, 2.45) is 0 Å². The summed E-state index contributed by atoms with van der Waals surface area (Å²) < 4.78 is 27.0. The van der Waals surface area contributed by atoms with Crippen LogP contribution in [-0.4, -0.2) is 0 Å². The van der Waals surface area contributed by atoms with Crippen molar-refractivity contribution in [3.05, 3.63) is 0 Å². The van der Waals surface area contributed by atoms with Crippen molar-refractivity contribution in [1.82, 2.24) is 0 Å². The zero-order valence-electron chi connectivity index (χ0n) is 2.01. The first-order chi connectivity index (χ1) is 2.00. The molecule has 0 radical (unpaired) electrons. The van der Waals surface area contributed by atoms with Gasteiger partial charge in [0.1, 0.15) is 0 Å². The molecule has 0 aliphatic rings. The fraction of sp³-hybridized carbons (Fsp3) is 0. The van der Waals surface area contributed by atoms with Crippen LogP contribution in [0.1, 0.15) is 0 Å². The van der Waals surface area contributed by atoms with Crippen molar-refractivity contribution in [3.8, 4) is 0 Å². The predicted molar refractivity (Wildman–Crippen MR) is 8.96 cm³/mol. The van der Waals surface area contributed by atoms with Gasteiger partial charge in [0.05, 0.1) is 0 Å². The molecule has 0 unspecified atom stereocenters. The van der Waals surface area contributed by atoms with Gasteiger partial charge < -0.3 is 0 Å². The van der Waals surface area contributed by atoms with Gasteiger partial charge >= 0.3 is 34.7 Å². The van der Waals surface area contributed by atoms with Gasteiger partial charge in [-0.25, -0.2) is 0 Å². The van der Waals surface area contributed by atoms with Gasteiger partial charge in [0, 0.05) is 0 Å². The average Bonchev–Trinajstić information content (AvgIpc) is 0.722. The van der Waals surface area contributed by atoms with E-state index in [9.17, 15) is 0 Å². The van der Waals surface area contributed by atoms with Crippen LogP contribution in [0.5, 0.6) is 0 Å². The van der Waals surface area contributed by atoms with E-state index >= 15 is 0 Å². The molecule has 0 saturated heterocycles. The Morgan fingerprint density at radius 2 is 1.60 bits per heavy atom. The van der Waals surface area contributed by atoms with E-state index in [-0.39, 0.29) is 0 Å². The van der Waals surface area contributed by atoms with Gasteiger partial charge in [0.15, 0.2) is 0 Å². The number of hydrogen-bond acceptors (Lipinski definition) is 4. The molecule has 3 nitrogen and oxygen atoms in total. The molecule has 0 atom stereocenters. The van der Waals surface area contributed by atoms with Crippen molar-refractivity contribution in [3.63, 3.8) is 0 Å². The average molecular weight is 266 g/mol. The van der Waals surface area contributed by atoms with Crippen LogP contribution in [0, 0.1) is 0 Å². The van der Waals surface area contributed by atoms with Crippen molar-refractivity contribution < 1.29 is 24.8 Å². The maximum absolute atomic E-state index is 9.01. The molecular weight excluding hydrogens is 266 g/mol. The zero-order chi connectivity index (χ0) is 4.50. The van der Waals surface area contributed by atoms with E-state index < -0.39 is 14.0 Å². The van der Waals surface area contributed by atoms with Gasteiger partial charge in [-0.1, -0.05) is 0 Å². The van der Waals surface area contributed by atoms with Crippen LogP contribution in [-0.2, 0) is 21.0 Å². The molecule has 0 saturated carbocycles. The SMILES string of the molecule is [O]=[Re](=[O])([O-])=[S]. The normalized spacial score (nSPS) is 11.4. The molecule has 5 heteroatoms. The minimum atomic E-state index is -5.28. The molecule has 0 N–H and O–H groups in total. The van der Waals surface area contributed by atoms with Crippen molar-refractivity contribution in [2.75, 3.05) is 0 Å². The summed E-state index contributed by atoms with van der Waals surface area (Å²) in [5, 5.41) is 0. The van der Waals surface area contributed by atoms with Crippen LogP contribution in [0.25, 0.3) is 0 Å². The Morgan fingerprint density at radius 1 is 1.60 bits per heavy atom. The Balaban J connectivity index is 4.87. The Labute approximate surface area is 35.2 Å². The van der Waals surface area contributed by atoms with E-state index in [0.29, 0.717) is 0 Å². The first kappa shape index (κ1) is 5.44. The van der Waals surface area contributed by atoms with Crippen molar-refractivity contribution in [2.45, 2.75) is 0 Å². The van der Waals surface area contributed by atoms with Crippen LogP contribution < -0.4 is 3.83 Å². The molecule has 32 valence electrons. The van der Waals surface area contributed by atoms with Gasteiger partial charge in [0.25, 0.3) is 0 Å². The molecule has 0 fully saturated rings. The first-order valence-electron chi connectivity index (χ1n) is 0.617. The molecule has 0 aliphatic carbocycles. The second-order valence-electron chi connectivity index (χ2n) is 0.378. The molecule has 0 heterocycles. The number of rotatable bonds is 0. The predicted octanol–water partition coefficient (Wildman–Crippen LogP) is -0.781. The van der Waals surface area contributed by atoms with Gasteiger partial charge in [-0.05, 0) is 0 Å². The van der Waals surface area contributed by atoms with Gasteiger partial charge in [0.2, 0.25) is 0 Å². The quantitative estimate of drug-likeness (QED) is 0.577. The fourth-order valence-corrected chi connectivity index (χ4v) is 0. The summed E-state index contributed by atoms with van der Waals surface area (Å²) in [6.45, 7) is 0. The van der Waals surface area contributed by atoms with E-state index in [4.69, 9.17) is 10.8 Å². The van der Waals surface area contributed by atoms with E-state index in [1.54, 1.807) is 0 Å². The summed E-state index contributed by atoms with van der Waals surface area (Å²) in [4.78, 5) is 0. The van der Waals surface area contributed by atoms with E-state index in [1.807, 2.05) is 0 Å². The van der Waals surface area contributed by atoms with Crippen LogP contribution in [0.3, 0.4) is 0 Å². The van der Waals surface area contributed by atoms with Crippen molar-refractivity contribution in [1.29, 1.82) is 0 Å². The Hall–Kier alpha value is 0.442. The molecule has 0 aliphatic heterocycles. The molecule has 0 aromatic rings. The zero-order valence-corrected chi connectivity index (χ0v) is 5.54. The summed E-state index contributed by atoms with van der Waals surface area (Å²) in [7, 11) is 3.36. The van der Waals surface area contributed by atoms with Crippen LogP contribution in [0.2, 0.25) is 0 Å². The van der Waals surface area contributed by atoms with E-state index in [0.717, 1.165) is 0 Å². The fourth-order valence-electron chi connectivity index (χ4n) is 0. The monoisotopic (exact) mass is 267 g/mol.